The van der Waals surface area contributed by atoms with Gasteiger partial charge in [-0.3, -0.25) is 4.79 Å². The van der Waals surface area contributed by atoms with Gasteiger partial charge in [0.2, 0.25) is 3.79 Å². The van der Waals surface area contributed by atoms with Gasteiger partial charge in [0.1, 0.15) is 0 Å². The maximum Gasteiger partial charge on any atom is 0.300 e. The molecule has 1 atom stereocenters. The van der Waals surface area contributed by atoms with Crippen LogP contribution in [0.1, 0.15) is 6.17 Å². The highest BCUT2D eigenvalue weighted by atomic mass is 35.6. The standard InChI is InChI=1S/C17H11Cl3N4O/c18-17(19,20)16-21-12-9-5-4-8-11(12)14-22-15(25)13(23-24(14)16)10-6-2-1-3-7-10/h1-9,16,21H/t16-/m0/s1. The second kappa shape index (κ2) is 6.02. The van der Waals surface area contributed by atoms with E-state index in [1.807, 2.05) is 42.5 Å². The summed E-state index contributed by atoms with van der Waals surface area (Å²) < 4.78 is -0.237. The quantitative estimate of drug-likeness (QED) is 0.627. The maximum absolute atomic E-state index is 12.6. The summed E-state index contributed by atoms with van der Waals surface area (Å²) in [7, 11) is 0. The average Bonchev–Trinajstić information content (AvgIpc) is 2.60. The third-order valence-corrected chi connectivity index (χ3v) is 4.52. The van der Waals surface area contributed by atoms with Gasteiger partial charge in [-0.2, -0.15) is 10.1 Å². The number of nitrogens with one attached hydrogen (secondary N) is 1. The van der Waals surface area contributed by atoms with Crippen molar-refractivity contribution in [3.63, 3.8) is 0 Å². The Labute approximate surface area is 158 Å². The van der Waals surface area contributed by atoms with Crippen LogP contribution in [0.25, 0.3) is 22.6 Å². The zero-order valence-corrected chi connectivity index (χ0v) is 14.9. The van der Waals surface area contributed by atoms with Crippen LogP contribution in [0.4, 0.5) is 5.69 Å². The molecule has 2 heterocycles. The second-order valence-corrected chi connectivity index (χ2v) is 7.90. The molecule has 0 unspecified atom stereocenters. The first kappa shape index (κ1) is 16.4. The van der Waals surface area contributed by atoms with Gasteiger partial charge in [0.15, 0.2) is 17.7 Å². The fourth-order valence-electron chi connectivity index (χ4n) is 2.77. The van der Waals surface area contributed by atoms with E-state index in [2.05, 4.69) is 15.4 Å². The van der Waals surface area contributed by atoms with Crippen LogP contribution in [0, 0.1) is 0 Å². The summed E-state index contributed by atoms with van der Waals surface area (Å²) in [5.41, 5.74) is 1.86. The predicted molar refractivity (Wildman–Crippen MR) is 100 cm³/mol. The van der Waals surface area contributed by atoms with E-state index >= 15 is 0 Å². The molecule has 0 aliphatic carbocycles. The van der Waals surface area contributed by atoms with Gasteiger partial charge in [-0.15, -0.1) is 0 Å². The molecule has 1 aliphatic rings. The number of fused-ring (bicyclic) bond motifs is 3. The summed E-state index contributed by atoms with van der Waals surface area (Å²) in [5, 5.41) is 7.61. The van der Waals surface area contributed by atoms with Crippen LogP contribution in [0.2, 0.25) is 0 Å². The van der Waals surface area contributed by atoms with Crippen LogP contribution in [0.3, 0.4) is 0 Å². The summed E-state index contributed by atoms with van der Waals surface area (Å²) >= 11 is 18.4. The Morgan fingerprint density at radius 2 is 1.68 bits per heavy atom. The number of nitrogens with zero attached hydrogens (tertiary/aromatic N) is 3. The highest BCUT2D eigenvalue weighted by molar-refractivity contribution is 6.68. The zero-order valence-electron chi connectivity index (χ0n) is 12.7. The molecule has 0 radical (unpaired) electrons. The van der Waals surface area contributed by atoms with Gasteiger partial charge in [-0.25, -0.2) is 4.68 Å². The molecule has 3 aromatic rings. The maximum atomic E-state index is 12.6. The van der Waals surface area contributed by atoms with Crippen molar-refractivity contribution in [1.29, 1.82) is 0 Å². The molecule has 0 amide bonds. The van der Waals surface area contributed by atoms with Crippen molar-refractivity contribution in [2.45, 2.75) is 9.96 Å². The molecule has 0 fully saturated rings. The summed E-state index contributed by atoms with van der Waals surface area (Å²) in [6, 6.07) is 16.4. The van der Waals surface area contributed by atoms with Gasteiger partial charge in [0.25, 0.3) is 5.56 Å². The number of hydrogen-bond acceptors (Lipinski definition) is 4. The van der Waals surface area contributed by atoms with Crippen LogP contribution in [0.5, 0.6) is 0 Å². The normalized spacial score (nSPS) is 15.9. The number of benzene rings is 2. The number of halogens is 3. The van der Waals surface area contributed by atoms with Gasteiger partial charge >= 0.3 is 0 Å². The smallest absolute Gasteiger partial charge is 0.300 e. The van der Waals surface area contributed by atoms with Crippen LogP contribution in [-0.2, 0) is 0 Å². The third-order valence-electron chi connectivity index (χ3n) is 3.90. The van der Waals surface area contributed by atoms with Crippen LogP contribution in [-0.4, -0.2) is 18.6 Å². The fourth-order valence-corrected chi connectivity index (χ4v) is 3.21. The fraction of sp³-hybridized carbons (Fsp3) is 0.118. The Balaban J connectivity index is 1.99. The van der Waals surface area contributed by atoms with Crippen LogP contribution < -0.4 is 10.9 Å². The largest absolute Gasteiger partial charge is 0.360 e. The van der Waals surface area contributed by atoms with Crippen molar-refractivity contribution in [2.75, 3.05) is 5.32 Å². The van der Waals surface area contributed by atoms with Gasteiger partial charge in [-0.05, 0) is 12.1 Å². The lowest BCUT2D eigenvalue weighted by Crippen LogP contribution is -2.38. The Morgan fingerprint density at radius 3 is 2.40 bits per heavy atom. The molecule has 0 spiro atoms. The predicted octanol–water partition coefficient (Wildman–Crippen LogP) is 4.27. The van der Waals surface area contributed by atoms with Crippen molar-refractivity contribution < 1.29 is 0 Å². The molecule has 1 aromatic heterocycles. The molecule has 0 saturated heterocycles. The van der Waals surface area contributed by atoms with E-state index in [1.54, 1.807) is 12.1 Å². The molecule has 2 aromatic carbocycles. The highest BCUT2D eigenvalue weighted by Crippen LogP contribution is 2.44. The number of aromatic nitrogens is 3. The summed E-state index contributed by atoms with van der Waals surface area (Å²) in [6.07, 6.45) is -0.807. The van der Waals surface area contributed by atoms with E-state index in [9.17, 15) is 4.79 Å². The molecule has 1 N–H and O–H groups in total. The lowest BCUT2D eigenvalue weighted by molar-refractivity contribution is 0.491. The minimum atomic E-state index is -1.69. The Hall–Kier alpha value is -2.08. The minimum Gasteiger partial charge on any atom is -0.360 e. The monoisotopic (exact) mass is 392 g/mol. The molecule has 0 bridgehead atoms. The van der Waals surface area contributed by atoms with Crippen molar-refractivity contribution in [3.8, 4) is 22.6 Å². The Bertz CT molecular complexity index is 999. The Kier molecular flexibility index (Phi) is 3.95. The number of anilines is 1. The lowest BCUT2D eigenvalue weighted by Gasteiger charge is -2.34. The summed E-state index contributed by atoms with van der Waals surface area (Å²) in [6.45, 7) is 0. The summed E-state index contributed by atoms with van der Waals surface area (Å²) in [4.78, 5) is 16.8. The first-order chi connectivity index (χ1) is 11.9. The minimum absolute atomic E-state index is 0.199. The van der Waals surface area contributed by atoms with Crippen molar-refractivity contribution >= 4 is 40.5 Å². The van der Waals surface area contributed by atoms with Gasteiger partial charge < -0.3 is 5.32 Å². The highest BCUT2D eigenvalue weighted by Gasteiger charge is 2.40. The molecule has 5 nitrogen and oxygen atoms in total. The molecule has 8 heteroatoms. The van der Waals surface area contributed by atoms with Gasteiger partial charge in [0, 0.05) is 16.8 Å². The SMILES string of the molecule is O=c1nc2n(nc1-c1ccccc1)[C@@H](C(Cl)(Cl)Cl)Nc1ccccc1-2. The summed E-state index contributed by atoms with van der Waals surface area (Å²) in [5.74, 6) is 0.357. The first-order valence-electron chi connectivity index (χ1n) is 7.44. The van der Waals surface area contributed by atoms with E-state index < -0.39 is 15.5 Å². The van der Waals surface area contributed by atoms with E-state index in [1.165, 1.54) is 4.68 Å². The molecular weight excluding hydrogens is 383 g/mol. The number of para-hydroxylation sites is 1. The van der Waals surface area contributed by atoms with Crippen LogP contribution >= 0.6 is 34.8 Å². The topological polar surface area (TPSA) is 59.8 Å². The van der Waals surface area contributed by atoms with Gasteiger partial charge in [-0.1, -0.05) is 77.3 Å². The number of rotatable bonds is 1. The molecule has 4 rings (SSSR count). The van der Waals surface area contributed by atoms with E-state index in [0.717, 1.165) is 11.3 Å². The van der Waals surface area contributed by atoms with Gasteiger partial charge in [0.05, 0.1) is 0 Å². The van der Waals surface area contributed by atoms with Crippen molar-refractivity contribution in [3.05, 3.63) is 65.0 Å². The molecule has 126 valence electrons. The number of hydrogen-bond donors (Lipinski definition) is 1. The van der Waals surface area contributed by atoms with E-state index in [4.69, 9.17) is 34.8 Å². The molecule has 25 heavy (non-hydrogen) atoms. The second-order valence-electron chi connectivity index (χ2n) is 5.53. The number of alkyl halides is 3. The van der Waals surface area contributed by atoms with E-state index in [-0.39, 0.29) is 5.69 Å². The average molecular weight is 394 g/mol. The Morgan fingerprint density at radius 1 is 1.00 bits per heavy atom. The van der Waals surface area contributed by atoms with Crippen molar-refractivity contribution in [2.24, 2.45) is 0 Å². The molecule has 0 saturated carbocycles. The van der Waals surface area contributed by atoms with Crippen molar-refractivity contribution in [1.82, 2.24) is 14.8 Å². The first-order valence-corrected chi connectivity index (χ1v) is 8.57. The molecule has 1 aliphatic heterocycles. The zero-order chi connectivity index (χ0) is 17.6. The lowest BCUT2D eigenvalue weighted by atomic mass is 10.1. The van der Waals surface area contributed by atoms with E-state index in [0.29, 0.717) is 11.4 Å². The molecular formula is C17H11Cl3N4O. The third kappa shape index (κ3) is 2.88. The van der Waals surface area contributed by atoms with Crippen LogP contribution in [0.15, 0.2) is 59.4 Å².